The summed E-state index contributed by atoms with van der Waals surface area (Å²) in [6.07, 6.45) is 0. The van der Waals surface area contributed by atoms with Crippen LogP contribution in [0.5, 0.6) is 11.5 Å². The van der Waals surface area contributed by atoms with Crippen LogP contribution in [0.4, 0.5) is 0 Å². The molecule has 25 heavy (non-hydrogen) atoms. The Morgan fingerprint density at radius 1 is 1.12 bits per heavy atom. The van der Waals surface area contributed by atoms with Crippen LogP contribution in [0.3, 0.4) is 0 Å². The summed E-state index contributed by atoms with van der Waals surface area (Å²) in [7, 11) is 0. The van der Waals surface area contributed by atoms with E-state index in [1.54, 1.807) is 18.2 Å². The lowest BCUT2D eigenvalue weighted by atomic mass is 10.1. The molecule has 0 aliphatic carbocycles. The molecule has 0 saturated carbocycles. The summed E-state index contributed by atoms with van der Waals surface area (Å²) >= 11 is 0. The number of pyridine rings is 1. The highest BCUT2D eigenvalue weighted by Crippen LogP contribution is 2.34. The van der Waals surface area contributed by atoms with Crippen LogP contribution in [0.2, 0.25) is 0 Å². The highest BCUT2D eigenvalue weighted by molar-refractivity contribution is 5.96. The second kappa shape index (κ2) is 5.98. The van der Waals surface area contributed by atoms with Crippen molar-refractivity contribution in [2.45, 2.75) is 13.0 Å². The fourth-order valence-corrected chi connectivity index (χ4v) is 2.87. The van der Waals surface area contributed by atoms with E-state index in [0.717, 1.165) is 10.9 Å². The van der Waals surface area contributed by atoms with Gasteiger partial charge in [-0.1, -0.05) is 24.3 Å². The van der Waals surface area contributed by atoms with E-state index in [1.165, 1.54) is 0 Å². The van der Waals surface area contributed by atoms with Gasteiger partial charge < -0.3 is 19.8 Å². The van der Waals surface area contributed by atoms with Gasteiger partial charge in [-0.25, -0.2) is 0 Å². The van der Waals surface area contributed by atoms with Crippen molar-refractivity contribution in [2.75, 3.05) is 6.79 Å². The van der Waals surface area contributed by atoms with E-state index in [9.17, 15) is 9.59 Å². The highest BCUT2D eigenvalue weighted by Gasteiger charge is 2.18. The zero-order valence-corrected chi connectivity index (χ0v) is 13.5. The minimum Gasteiger partial charge on any atom is -0.454 e. The Morgan fingerprint density at radius 2 is 1.92 bits per heavy atom. The Bertz CT molecular complexity index is 1030. The third-order valence-electron chi connectivity index (χ3n) is 4.24. The first-order valence-electron chi connectivity index (χ1n) is 7.94. The molecule has 2 aromatic carbocycles. The monoisotopic (exact) mass is 336 g/mol. The number of H-pyrrole nitrogens is 1. The average Bonchev–Trinajstić information content (AvgIpc) is 3.09. The standard InChI is InChI=1S/C19H16N2O4/c1-11(12-6-7-16-17(9-12)25-10-24-16)20-19(23)15-8-13-4-2-3-5-14(13)18(22)21-15/h2-9,11H,10H2,1H3,(H,20,23)(H,21,22). The quantitative estimate of drug-likeness (QED) is 0.771. The minimum atomic E-state index is -0.340. The Balaban J connectivity index is 1.58. The van der Waals surface area contributed by atoms with E-state index in [4.69, 9.17) is 9.47 Å². The van der Waals surface area contributed by atoms with Crippen molar-refractivity contribution >= 4 is 16.7 Å². The summed E-state index contributed by atoms with van der Waals surface area (Å²) < 4.78 is 10.6. The maximum absolute atomic E-state index is 12.5. The number of carbonyl (C=O) groups is 1. The van der Waals surface area contributed by atoms with Gasteiger partial charge >= 0.3 is 0 Å². The molecule has 1 amide bonds. The zero-order valence-electron chi connectivity index (χ0n) is 13.5. The van der Waals surface area contributed by atoms with Crippen LogP contribution in [0.15, 0.2) is 53.3 Å². The second-order valence-corrected chi connectivity index (χ2v) is 5.91. The maximum atomic E-state index is 12.5. The summed E-state index contributed by atoms with van der Waals surface area (Å²) in [6, 6.07) is 14.1. The van der Waals surface area contributed by atoms with Crippen LogP contribution in [-0.2, 0) is 0 Å². The van der Waals surface area contributed by atoms with Crippen LogP contribution in [0, 0.1) is 0 Å². The fourth-order valence-electron chi connectivity index (χ4n) is 2.87. The van der Waals surface area contributed by atoms with Crippen molar-refractivity contribution in [3.63, 3.8) is 0 Å². The summed E-state index contributed by atoms with van der Waals surface area (Å²) in [4.78, 5) is 27.3. The van der Waals surface area contributed by atoms with E-state index >= 15 is 0 Å². The van der Waals surface area contributed by atoms with E-state index < -0.39 is 0 Å². The van der Waals surface area contributed by atoms with Gasteiger partial charge in [-0.05, 0) is 42.1 Å². The number of ether oxygens (including phenoxy) is 2. The largest absolute Gasteiger partial charge is 0.454 e. The van der Waals surface area contributed by atoms with Crippen LogP contribution >= 0.6 is 0 Å². The number of rotatable bonds is 3. The van der Waals surface area contributed by atoms with Gasteiger partial charge in [0.25, 0.3) is 11.5 Å². The van der Waals surface area contributed by atoms with Crippen molar-refractivity contribution in [1.29, 1.82) is 0 Å². The molecule has 1 aliphatic rings. The molecule has 0 spiro atoms. The van der Waals surface area contributed by atoms with Crippen molar-refractivity contribution in [2.24, 2.45) is 0 Å². The molecule has 1 unspecified atom stereocenters. The number of fused-ring (bicyclic) bond motifs is 2. The van der Waals surface area contributed by atoms with Crippen molar-refractivity contribution in [1.82, 2.24) is 10.3 Å². The van der Waals surface area contributed by atoms with Gasteiger partial charge in [-0.3, -0.25) is 9.59 Å². The Labute approximate surface area is 143 Å². The molecule has 6 heteroatoms. The molecule has 0 bridgehead atoms. The van der Waals surface area contributed by atoms with Crippen LogP contribution in [0.25, 0.3) is 10.8 Å². The lowest BCUT2D eigenvalue weighted by Gasteiger charge is -2.15. The fraction of sp³-hybridized carbons (Fsp3) is 0.158. The van der Waals surface area contributed by atoms with Crippen LogP contribution in [0.1, 0.15) is 29.0 Å². The SMILES string of the molecule is CC(NC(=O)c1cc2ccccc2c(=O)[nH]1)c1ccc2c(c1)OCO2. The molecule has 4 rings (SSSR count). The van der Waals surface area contributed by atoms with Gasteiger partial charge in [0.2, 0.25) is 6.79 Å². The molecule has 3 aromatic rings. The number of hydrogen-bond acceptors (Lipinski definition) is 4. The lowest BCUT2D eigenvalue weighted by molar-refractivity contribution is 0.0934. The predicted molar refractivity (Wildman–Crippen MR) is 93.0 cm³/mol. The molecule has 2 N–H and O–H groups in total. The van der Waals surface area contributed by atoms with Crippen molar-refractivity contribution in [3.05, 3.63) is 70.1 Å². The topological polar surface area (TPSA) is 80.4 Å². The molecule has 0 radical (unpaired) electrons. The van der Waals surface area contributed by atoms with Crippen LogP contribution < -0.4 is 20.3 Å². The average molecular weight is 336 g/mol. The molecular formula is C19H16N2O4. The highest BCUT2D eigenvalue weighted by atomic mass is 16.7. The first-order valence-corrected chi connectivity index (χ1v) is 7.94. The van der Waals surface area contributed by atoms with Gasteiger partial charge in [0.1, 0.15) is 5.69 Å². The molecule has 0 saturated heterocycles. The number of aromatic nitrogens is 1. The first-order chi connectivity index (χ1) is 12.1. The predicted octanol–water partition coefficient (Wildman–Crippen LogP) is 2.75. The molecule has 1 aromatic heterocycles. The number of carbonyl (C=O) groups excluding carboxylic acids is 1. The summed E-state index contributed by atoms with van der Waals surface area (Å²) in [6.45, 7) is 2.08. The first kappa shape index (κ1) is 15.3. The van der Waals surface area contributed by atoms with Gasteiger partial charge in [0, 0.05) is 5.39 Å². The number of aromatic amines is 1. The third-order valence-corrected chi connectivity index (χ3v) is 4.24. The molecule has 6 nitrogen and oxygen atoms in total. The zero-order chi connectivity index (χ0) is 17.4. The summed E-state index contributed by atoms with van der Waals surface area (Å²) in [5.74, 6) is 1.02. The number of amides is 1. The Morgan fingerprint density at radius 3 is 2.80 bits per heavy atom. The maximum Gasteiger partial charge on any atom is 0.268 e. The molecular weight excluding hydrogens is 320 g/mol. The number of benzene rings is 2. The molecule has 1 atom stereocenters. The molecule has 126 valence electrons. The molecule has 0 fully saturated rings. The van der Waals surface area contributed by atoms with Crippen molar-refractivity contribution < 1.29 is 14.3 Å². The Kier molecular flexibility index (Phi) is 3.65. The lowest BCUT2D eigenvalue weighted by Crippen LogP contribution is -2.29. The van der Waals surface area contributed by atoms with E-state index in [-0.39, 0.29) is 30.0 Å². The smallest absolute Gasteiger partial charge is 0.268 e. The number of hydrogen-bond donors (Lipinski definition) is 2. The van der Waals surface area contributed by atoms with E-state index in [1.807, 2.05) is 37.3 Å². The normalized spacial score (nSPS) is 13.6. The second-order valence-electron chi connectivity index (χ2n) is 5.91. The third kappa shape index (κ3) is 2.82. The van der Waals surface area contributed by atoms with E-state index in [0.29, 0.717) is 16.9 Å². The van der Waals surface area contributed by atoms with Gasteiger partial charge in [-0.2, -0.15) is 0 Å². The molecule has 1 aliphatic heterocycles. The van der Waals surface area contributed by atoms with Crippen LogP contribution in [-0.4, -0.2) is 17.7 Å². The van der Waals surface area contributed by atoms with Crippen molar-refractivity contribution in [3.8, 4) is 11.5 Å². The van der Waals surface area contributed by atoms with Gasteiger partial charge in [-0.15, -0.1) is 0 Å². The van der Waals surface area contributed by atoms with E-state index in [2.05, 4.69) is 10.3 Å². The minimum absolute atomic E-state index is 0.206. The van der Waals surface area contributed by atoms with Gasteiger partial charge in [0.05, 0.1) is 6.04 Å². The summed E-state index contributed by atoms with van der Waals surface area (Å²) in [5.41, 5.74) is 0.844. The number of nitrogens with one attached hydrogen (secondary N) is 2. The van der Waals surface area contributed by atoms with Gasteiger partial charge in [0.15, 0.2) is 11.5 Å². The molecule has 2 heterocycles. The summed E-state index contributed by atoms with van der Waals surface area (Å²) in [5, 5.41) is 4.18. The Hall–Kier alpha value is -3.28.